The number of hydrogen-bond acceptors (Lipinski definition) is 3. The zero-order chi connectivity index (χ0) is 14.3. The third-order valence-electron chi connectivity index (χ3n) is 4.63. The molecule has 0 aromatic rings. The lowest BCUT2D eigenvalue weighted by Gasteiger charge is -2.41. The number of hydrogen-bond donors (Lipinski definition) is 1. The van der Waals surface area contributed by atoms with Crippen molar-refractivity contribution in [3.05, 3.63) is 0 Å². The van der Waals surface area contributed by atoms with Crippen LogP contribution in [0.1, 0.15) is 46.0 Å². The minimum Gasteiger partial charge on any atom is -0.396 e. The first-order valence-electron chi connectivity index (χ1n) is 7.47. The number of amides is 1. The molecule has 0 aromatic carbocycles. The number of likely N-dealkylation sites (tertiary alicyclic amines) is 1. The normalized spacial score (nSPS) is 20.3. The van der Waals surface area contributed by atoms with Gasteiger partial charge in [0.05, 0.1) is 0 Å². The highest BCUT2D eigenvalue weighted by atomic mass is 16.5. The molecule has 0 radical (unpaired) electrons. The van der Waals surface area contributed by atoms with Crippen molar-refractivity contribution in [2.24, 2.45) is 11.3 Å². The largest absolute Gasteiger partial charge is 0.396 e. The first-order valence-corrected chi connectivity index (χ1v) is 7.47. The van der Waals surface area contributed by atoms with E-state index in [0.717, 1.165) is 51.8 Å². The molecule has 0 saturated carbocycles. The maximum absolute atomic E-state index is 12.3. The smallest absolute Gasteiger partial charge is 0.225 e. The van der Waals surface area contributed by atoms with E-state index >= 15 is 0 Å². The van der Waals surface area contributed by atoms with Gasteiger partial charge in [0.15, 0.2) is 0 Å². The molecule has 19 heavy (non-hydrogen) atoms. The van der Waals surface area contributed by atoms with Crippen molar-refractivity contribution in [1.29, 1.82) is 0 Å². The van der Waals surface area contributed by atoms with Crippen LogP contribution in [0.2, 0.25) is 0 Å². The average molecular weight is 271 g/mol. The molecule has 1 saturated heterocycles. The van der Waals surface area contributed by atoms with E-state index in [9.17, 15) is 9.90 Å². The highest BCUT2D eigenvalue weighted by Crippen LogP contribution is 2.34. The molecule has 0 aromatic heterocycles. The maximum Gasteiger partial charge on any atom is 0.225 e. The molecule has 1 aliphatic heterocycles. The second kappa shape index (κ2) is 7.85. The van der Waals surface area contributed by atoms with Crippen molar-refractivity contribution in [3.63, 3.8) is 0 Å². The van der Waals surface area contributed by atoms with Crippen LogP contribution < -0.4 is 0 Å². The fraction of sp³-hybridized carbons (Fsp3) is 0.933. The van der Waals surface area contributed by atoms with Crippen LogP contribution in [0.25, 0.3) is 0 Å². The summed E-state index contributed by atoms with van der Waals surface area (Å²) in [4.78, 5) is 14.3. The molecule has 0 bridgehead atoms. The van der Waals surface area contributed by atoms with E-state index < -0.39 is 0 Å². The molecule has 1 heterocycles. The number of methoxy groups -OCH3 is 1. The summed E-state index contributed by atoms with van der Waals surface area (Å²) in [5, 5.41) is 9.50. The first kappa shape index (κ1) is 16.4. The Bertz CT molecular complexity index is 267. The molecule has 1 atom stereocenters. The van der Waals surface area contributed by atoms with Gasteiger partial charge in [-0.25, -0.2) is 0 Å². The first-order chi connectivity index (χ1) is 9.08. The van der Waals surface area contributed by atoms with E-state index in [-0.39, 0.29) is 23.8 Å². The second-order valence-electron chi connectivity index (χ2n) is 5.87. The number of aliphatic hydroxyl groups is 1. The predicted molar refractivity (Wildman–Crippen MR) is 75.9 cm³/mol. The SMILES string of the molecule is CCC1(CO)CCN(C(=O)C(C)CCCOC)CC1. The summed E-state index contributed by atoms with van der Waals surface area (Å²) < 4.78 is 5.02. The molecule has 1 fully saturated rings. The highest BCUT2D eigenvalue weighted by Gasteiger charge is 2.34. The predicted octanol–water partition coefficient (Wildman–Crippen LogP) is 2.06. The van der Waals surface area contributed by atoms with Crippen LogP contribution in [0.3, 0.4) is 0 Å². The summed E-state index contributed by atoms with van der Waals surface area (Å²) in [6, 6.07) is 0. The fourth-order valence-electron chi connectivity index (χ4n) is 2.79. The maximum atomic E-state index is 12.3. The quantitative estimate of drug-likeness (QED) is 0.721. The molecule has 4 heteroatoms. The summed E-state index contributed by atoms with van der Waals surface area (Å²) in [6.45, 7) is 6.69. The Labute approximate surface area is 117 Å². The number of rotatable bonds is 7. The molecule has 0 aliphatic carbocycles. The van der Waals surface area contributed by atoms with Gasteiger partial charge in [-0.15, -0.1) is 0 Å². The molecular formula is C15H29NO3. The van der Waals surface area contributed by atoms with Gasteiger partial charge < -0.3 is 14.7 Å². The Morgan fingerprint density at radius 2 is 2.05 bits per heavy atom. The topological polar surface area (TPSA) is 49.8 Å². The van der Waals surface area contributed by atoms with Crippen molar-refractivity contribution < 1.29 is 14.6 Å². The van der Waals surface area contributed by atoms with Crippen LogP contribution in [0.5, 0.6) is 0 Å². The second-order valence-corrected chi connectivity index (χ2v) is 5.87. The Balaban J connectivity index is 2.39. The van der Waals surface area contributed by atoms with E-state index in [1.54, 1.807) is 7.11 Å². The molecular weight excluding hydrogens is 242 g/mol. The van der Waals surface area contributed by atoms with Gasteiger partial charge in [0.1, 0.15) is 0 Å². The molecule has 0 spiro atoms. The zero-order valence-electron chi connectivity index (χ0n) is 12.7. The van der Waals surface area contributed by atoms with Gasteiger partial charge in [-0.05, 0) is 37.5 Å². The Morgan fingerprint density at radius 3 is 2.53 bits per heavy atom. The number of ether oxygens (including phenoxy) is 1. The van der Waals surface area contributed by atoms with Crippen LogP contribution >= 0.6 is 0 Å². The van der Waals surface area contributed by atoms with Gasteiger partial charge in [-0.3, -0.25) is 4.79 Å². The standard InChI is InChI=1S/C15H29NO3/c1-4-15(12-17)7-9-16(10-8-15)14(18)13(2)6-5-11-19-3/h13,17H,4-12H2,1-3H3. The summed E-state index contributed by atoms with van der Waals surface area (Å²) in [6.07, 6.45) is 4.68. The Hall–Kier alpha value is -0.610. The van der Waals surface area contributed by atoms with E-state index in [2.05, 4.69) is 6.92 Å². The van der Waals surface area contributed by atoms with Gasteiger partial charge in [0.2, 0.25) is 5.91 Å². The lowest BCUT2D eigenvalue weighted by molar-refractivity contribution is -0.138. The monoisotopic (exact) mass is 271 g/mol. The van der Waals surface area contributed by atoms with Crippen LogP contribution in [-0.2, 0) is 9.53 Å². The van der Waals surface area contributed by atoms with Crippen LogP contribution in [-0.4, -0.2) is 49.3 Å². The summed E-state index contributed by atoms with van der Waals surface area (Å²) in [7, 11) is 1.69. The molecule has 4 nitrogen and oxygen atoms in total. The van der Waals surface area contributed by atoms with Crippen molar-refractivity contribution in [1.82, 2.24) is 4.90 Å². The number of aliphatic hydroxyl groups excluding tert-OH is 1. The van der Waals surface area contributed by atoms with Crippen molar-refractivity contribution in [2.45, 2.75) is 46.0 Å². The van der Waals surface area contributed by atoms with Crippen LogP contribution in [0.4, 0.5) is 0 Å². The van der Waals surface area contributed by atoms with E-state index in [1.807, 2.05) is 11.8 Å². The van der Waals surface area contributed by atoms with Gasteiger partial charge in [-0.1, -0.05) is 13.8 Å². The van der Waals surface area contributed by atoms with Gasteiger partial charge in [-0.2, -0.15) is 0 Å². The molecule has 112 valence electrons. The minimum absolute atomic E-state index is 0.0517. The number of piperidine rings is 1. The van der Waals surface area contributed by atoms with Crippen molar-refractivity contribution in [3.8, 4) is 0 Å². The summed E-state index contributed by atoms with van der Waals surface area (Å²) >= 11 is 0. The fourth-order valence-corrected chi connectivity index (χ4v) is 2.79. The average Bonchev–Trinajstić information content (AvgIpc) is 2.46. The van der Waals surface area contributed by atoms with Gasteiger partial charge in [0.25, 0.3) is 0 Å². The lowest BCUT2D eigenvalue weighted by Crippen LogP contribution is -2.46. The zero-order valence-corrected chi connectivity index (χ0v) is 12.7. The third-order valence-corrected chi connectivity index (χ3v) is 4.63. The van der Waals surface area contributed by atoms with Crippen LogP contribution in [0.15, 0.2) is 0 Å². The Morgan fingerprint density at radius 1 is 1.42 bits per heavy atom. The molecule has 1 amide bonds. The van der Waals surface area contributed by atoms with Crippen LogP contribution in [0, 0.1) is 11.3 Å². The van der Waals surface area contributed by atoms with Crippen molar-refractivity contribution >= 4 is 5.91 Å². The molecule has 1 aliphatic rings. The molecule has 1 unspecified atom stereocenters. The van der Waals surface area contributed by atoms with Gasteiger partial charge in [0, 0.05) is 39.3 Å². The number of carbonyl (C=O) groups is 1. The summed E-state index contributed by atoms with van der Waals surface area (Å²) in [5.41, 5.74) is 0.0517. The van der Waals surface area contributed by atoms with E-state index in [0.29, 0.717) is 0 Å². The van der Waals surface area contributed by atoms with E-state index in [4.69, 9.17) is 4.74 Å². The third kappa shape index (κ3) is 4.46. The van der Waals surface area contributed by atoms with Gasteiger partial charge >= 0.3 is 0 Å². The van der Waals surface area contributed by atoms with E-state index in [1.165, 1.54) is 0 Å². The number of carbonyl (C=O) groups excluding carboxylic acids is 1. The molecule has 1 rings (SSSR count). The van der Waals surface area contributed by atoms with Crippen molar-refractivity contribution in [2.75, 3.05) is 33.4 Å². The minimum atomic E-state index is 0.0517. The Kier molecular flexibility index (Phi) is 6.80. The molecule has 1 N–H and O–H groups in total. The summed E-state index contributed by atoms with van der Waals surface area (Å²) in [5.74, 6) is 0.345. The lowest BCUT2D eigenvalue weighted by atomic mass is 9.77. The number of nitrogens with zero attached hydrogens (tertiary/aromatic N) is 1. The highest BCUT2D eigenvalue weighted by molar-refractivity contribution is 5.78.